The number of aromatic amines is 2. The van der Waals surface area contributed by atoms with E-state index in [1.807, 2.05) is 35.1 Å². The highest BCUT2D eigenvalue weighted by atomic mass is 32.1. The fourth-order valence-electron chi connectivity index (χ4n) is 11.8. The van der Waals surface area contributed by atoms with Crippen molar-refractivity contribution in [2.75, 3.05) is 16.8 Å². The monoisotopic (exact) mass is 884 g/mol. The van der Waals surface area contributed by atoms with Crippen LogP contribution in [0.1, 0.15) is 83.1 Å². The fraction of sp³-hybridized carbons (Fsp3) is 0.438. The Hall–Kier alpha value is -6.17. The number of thiazole rings is 1. The molecule has 0 amide bonds. The summed E-state index contributed by atoms with van der Waals surface area (Å²) in [7, 11) is 2.20. The first-order valence-electron chi connectivity index (χ1n) is 23.4. The molecule has 2 aliphatic heterocycles. The molecule has 2 saturated heterocycles. The minimum absolute atomic E-state index is 0.00249. The number of nitrogens with zero attached hydrogens (tertiary/aromatic N) is 12. The number of hydrogen-bond donors (Lipinski definition) is 4. The number of rotatable bonds is 11. The summed E-state index contributed by atoms with van der Waals surface area (Å²) in [5, 5.41) is 48.6. The lowest BCUT2D eigenvalue weighted by molar-refractivity contribution is 0.135. The Morgan fingerprint density at radius 3 is 2.37 bits per heavy atom. The molecule has 2 bridgehead atoms. The molecular weight excluding hydrogens is 833 g/mol. The van der Waals surface area contributed by atoms with E-state index in [4.69, 9.17) is 36.2 Å². The van der Waals surface area contributed by atoms with E-state index in [0.29, 0.717) is 36.1 Å². The van der Waals surface area contributed by atoms with E-state index in [2.05, 4.69) is 96.2 Å². The van der Waals surface area contributed by atoms with Crippen molar-refractivity contribution in [1.82, 2.24) is 66.1 Å². The third-order valence-electron chi connectivity index (χ3n) is 15.3. The van der Waals surface area contributed by atoms with Crippen LogP contribution in [0, 0.1) is 5.92 Å². The molecule has 8 aromatic rings. The van der Waals surface area contributed by atoms with Gasteiger partial charge >= 0.3 is 0 Å². The Kier molecular flexibility index (Phi) is 9.34. The normalized spacial score (nSPS) is 25.6. The van der Waals surface area contributed by atoms with E-state index in [0.717, 1.165) is 135 Å². The Bertz CT molecular complexity index is 2990. The molecule has 6 atom stereocenters. The van der Waals surface area contributed by atoms with Gasteiger partial charge in [0, 0.05) is 82.2 Å². The van der Waals surface area contributed by atoms with Crippen molar-refractivity contribution in [3.8, 4) is 44.9 Å². The predicted octanol–water partition coefficient (Wildman–Crippen LogP) is 7.71. The first-order chi connectivity index (χ1) is 32.0. The lowest BCUT2D eigenvalue weighted by atomic mass is 9.71. The topological polar surface area (TPSA) is 197 Å². The summed E-state index contributed by atoms with van der Waals surface area (Å²) in [5.74, 6) is 2.25. The summed E-state index contributed by atoms with van der Waals surface area (Å²) in [4.78, 5) is 11.5. The van der Waals surface area contributed by atoms with Crippen molar-refractivity contribution < 1.29 is 0 Å². The average Bonchev–Trinajstić information content (AvgIpc) is 3.97. The highest BCUT2D eigenvalue weighted by Gasteiger charge is 2.53. The van der Waals surface area contributed by atoms with E-state index in [1.165, 1.54) is 19.3 Å². The van der Waals surface area contributed by atoms with Crippen LogP contribution in [0.25, 0.3) is 66.0 Å². The Morgan fingerprint density at radius 2 is 1.57 bits per heavy atom. The molecule has 13 rings (SSSR count). The largest absolute Gasteiger partial charge is 0.355 e. The summed E-state index contributed by atoms with van der Waals surface area (Å²) < 4.78 is 1.11. The minimum atomic E-state index is 0.00249. The maximum Gasteiger partial charge on any atom is 0.151 e. The highest BCUT2D eigenvalue weighted by molar-refractivity contribution is 7.17. The van der Waals surface area contributed by atoms with Gasteiger partial charge in [0.25, 0.3) is 0 Å². The number of benzene rings is 2. The van der Waals surface area contributed by atoms with Gasteiger partial charge in [-0.1, -0.05) is 24.6 Å². The first kappa shape index (κ1) is 39.2. The van der Waals surface area contributed by atoms with E-state index in [1.54, 1.807) is 11.3 Å². The molecule has 2 unspecified atom stereocenters. The second kappa shape index (κ2) is 15.5. The third-order valence-corrected chi connectivity index (χ3v) is 16.2. The molecule has 8 heterocycles. The summed E-state index contributed by atoms with van der Waals surface area (Å²) >= 11 is 1.64. The fourth-order valence-corrected chi connectivity index (χ4v) is 12.7. The molecule has 2 aromatic carbocycles. The SMILES string of the molecule is CN(c1ccc(-c2ccc(-c3cnn(C4CC4)n3)c3cn[nH]c23)nn1)[C@H]1C[C@@H]2CC[C@](C3CCCC(N(c4ccc(-c5ccc(-c6cn[nH]c6)c6ncsc56)nn4)C4CC4)C[C@@H]3N)(C1)N2. The van der Waals surface area contributed by atoms with Crippen LogP contribution in [0.15, 0.2) is 78.8 Å². The van der Waals surface area contributed by atoms with E-state index >= 15 is 0 Å². The summed E-state index contributed by atoms with van der Waals surface area (Å²) in [5.41, 5.74) is 18.9. The molecule has 5 N–H and O–H groups in total. The van der Waals surface area contributed by atoms with Crippen molar-refractivity contribution in [3.63, 3.8) is 0 Å². The summed E-state index contributed by atoms with van der Waals surface area (Å²) in [6.07, 6.45) is 20.9. The second-order valence-electron chi connectivity index (χ2n) is 19.3. The van der Waals surface area contributed by atoms with Crippen LogP contribution in [0.5, 0.6) is 0 Å². The van der Waals surface area contributed by atoms with Gasteiger partial charge < -0.3 is 20.9 Å². The van der Waals surface area contributed by atoms with E-state index in [-0.39, 0.29) is 11.6 Å². The molecule has 3 aliphatic carbocycles. The smallest absolute Gasteiger partial charge is 0.151 e. The van der Waals surface area contributed by atoms with Gasteiger partial charge in [0.1, 0.15) is 5.69 Å². The van der Waals surface area contributed by atoms with E-state index < -0.39 is 0 Å². The van der Waals surface area contributed by atoms with Gasteiger partial charge in [0.05, 0.1) is 57.3 Å². The molecule has 0 radical (unpaired) electrons. The molecule has 0 spiro atoms. The van der Waals surface area contributed by atoms with Gasteiger partial charge in [-0.3, -0.25) is 10.2 Å². The van der Waals surface area contributed by atoms with Gasteiger partial charge in [-0.25, -0.2) is 4.98 Å². The number of nitrogens with two attached hydrogens (primary N) is 1. The first-order valence-corrected chi connectivity index (χ1v) is 24.3. The second-order valence-corrected chi connectivity index (χ2v) is 20.2. The number of aromatic nitrogens is 12. The molecule has 5 fully saturated rings. The van der Waals surface area contributed by atoms with Crippen molar-refractivity contribution in [2.45, 2.75) is 119 Å². The summed E-state index contributed by atoms with van der Waals surface area (Å²) in [6.45, 7) is 0. The van der Waals surface area contributed by atoms with Gasteiger partial charge in [0.15, 0.2) is 11.6 Å². The average molecular weight is 885 g/mol. The standard InChI is InChI=1S/C48H52N16S/c1-62(43-15-13-40(56-58-43)35-11-10-34(37-24-53-60-45(35)37)42-25-54-64(61-42)30-7-8-30)32-19-28-17-18-48(21-32,55-28)38-4-2-3-31(20-39(38)49)63(29-5-6-29)44-16-14-41(57-59-44)36-12-9-33(27-22-51-52-23-27)46-47(36)65-26-50-46/h9-16,22-26,28-32,38-39,55H,2-8,17-21,49H2,1H3,(H,51,52)(H,53,60)/t28-,31?,32-,38?,39-,48+/m0/s1. The lowest BCUT2D eigenvalue weighted by Crippen LogP contribution is -2.61. The maximum absolute atomic E-state index is 7.44. The van der Waals surface area contributed by atoms with E-state index in [9.17, 15) is 0 Å². The van der Waals surface area contributed by atoms with Crippen LogP contribution >= 0.6 is 11.3 Å². The zero-order valence-electron chi connectivity index (χ0n) is 36.4. The highest BCUT2D eigenvalue weighted by Crippen LogP contribution is 2.48. The van der Waals surface area contributed by atoms with Crippen molar-refractivity contribution in [3.05, 3.63) is 78.8 Å². The number of anilines is 2. The van der Waals surface area contributed by atoms with Crippen LogP contribution in [0.2, 0.25) is 0 Å². The summed E-state index contributed by atoms with van der Waals surface area (Å²) in [6, 6.07) is 19.1. The van der Waals surface area contributed by atoms with Crippen LogP contribution in [0.3, 0.4) is 0 Å². The van der Waals surface area contributed by atoms with Gasteiger partial charge in [-0.05, 0) is 107 Å². The van der Waals surface area contributed by atoms with Gasteiger partial charge in [-0.15, -0.1) is 31.7 Å². The molecule has 5 aliphatic rings. The number of H-pyrrole nitrogens is 2. The van der Waals surface area contributed by atoms with Crippen LogP contribution < -0.4 is 20.9 Å². The van der Waals surface area contributed by atoms with Crippen molar-refractivity contribution in [2.24, 2.45) is 11.7 Å². The Labute approximate surface area is 379 Å². The maximum atomic E-state index is 7.44. The van der Waals surface area contributed by atoms with Crippen LogP contribution in [-0.2, 0) is 0 Å². The lowest BCUT2D eigenvalue weighted by Gasteiger charge is -2.48. The number of hydrogen-bond acceptors (Lipinski definition) is 14. The zero-order valence-corrected chi connectivity index (χ0v) is 37.2. The number of piperidine rings is 1. The zero-order chi connectivity index (χ0) is 43.2. The Balaban J connectivity index is 0.705. The third kappa shape index (κ3) is 6.88. The quantitative estimate of drug-likeness (QED) is 0.0923. The Morgan fingerprint density at radius 1 is 0.754 bits per heavy atom. The predicted molar refractivity (Wildman–Crippen MR) is 252 cm³/mol. The molecule has 65 heavy (non-hydrogen) atoms. The van der Waals surface area contributed by atoms with Gasteiger partial charge in [-0.2, -0.15) is 25.2 Å². The molecule has 6 aromatic heterocycles. The van der Waals surface area contributed by atoms with Crippen LogP contribution in [-0.4, -0.2) is 104 Å². The van der Waals surface area contributed by atoms with Gasteiger partial charge in [0.2, 0.25) is 0 Å². The minimum Gasteiger partial charge on any atom is -0.355 e. The number of nitrogens with one attached hydrogen (secondary N) is 3. The molecule has 330 valence electrons. The van der Waals surface area contributed by atoms with Crippen LogP contribution in [0.4, 0.5) is 11.6 Å². The van der Waals surface area contributed by atoms with Crippen molar-refractivity contribution in [1.29, 1.82) is 0 Å². The molecule has 16 nitrogen and oxygen atoms in total. The molecule has 3 saturated carbocycles. The van der Waals surface area contributed by atoms with Crippen molar-refractivity contribution >= 4 is 44.1 Å². The number of fused-ring (bicyclic) bond motifs is 4. The molecular formula is C48H52N16S. The molecule has 17 heteroatoms.